The number of rotatable bonds is 6. The number of aromatic carboxylic acids is 1. The monoisotopic (exact) mass is 415 g/mol. The molecule has 2 aromatic carbocycles. The van der Waals surface area contributed by atoms with Crippen LogP contribution >= 0.6 is 0 Å². The molecule has 0 saturated heterocycles. The van der Waals surface area contributed by atoms with Crippen LogP contribution in [-0.4, -0.2) is 29.6 Å². The molecule has 3 aromatic rings. The lowest BCUT2D eigenvalue weighted by Gasteiger charge is -2.13. The Balaban J connectivity index is 1.88. The minimum Gasteiger partial charge on any atom is -0.478 e. The number of nitrogens with zero attached hydrogens (tertiary/aromatic N) is 2. The van der Waals surface area contributed by atoms with Crippen molar-refractivity contribution in [1.82, 2.24) is 10.1 Å². The van der Waals surface area contributed by atoms with Crippen LogP contribution in [-0.2, 0) is 10.0 Å². The summed E-state index contributed by atoms with van der Waals surface area (Å²) in [5.74, 6) is -0.112. The molecule has 152 valence electrons. The van der Waals surface area contributed by atoms with Crippen molar-refractivity contribution in [2.75, 3.05) is 4.72 Å². The number of carboxylic acids is 1. The highest BCUT2D eigenvalue weighted by molar-refractivity contribution is 7.92. The van der Waals surface area contributed by atoms with E-state index in [0.717, 1.165) is 6.07 Å². The molecule has 2 N–H and O–H groups in total. The van der Waals surface area contributed by atoms with Gasteiger partial charge >= 0.3 is 5.97 Å². The zero-order valence-corrected chi connectivity index (χ0v) is 17.2. The van der Waals surface area contributed by atoms with Crippen LogP contribution in [0.4, 0.5) is 5.69 Å². The number of benzene rings is 2. The standard InChI is InChI=1S/C20H21N3O5S/c1-11(2)18-21-19(28-22-18)14-5-7-16(8-6-14)23-29(26,27)17-10-15(20(24)25)9-12(3)13(17)4/h5-11,23H,1-4H3,(H,24,25). The molecule has 8 nitrogen and oxygen atoms in total. The van der Waals surface area contributed by atoms with E-state index in [1.54, 1.807) is 38.1 Å². The number of carbonyl (C=O) groups is 1. The quantitative estimate of drug-likeness (QED) is 0.624. The van der Waals surface area contributed by atoms with Crippen molar-refractivity contribution in [3.8, 4) is 11.5 Å². The Morgan fingerprint density at radius 1 is 1.14 bits per heavy atom. The van der Waals surface area contributed by atoms with E-state index < -0.39 is 16.0 Å². The molecule has 3 rings (SSSR count). The molecule has 0 saturated carbocycles. The predicted octanol–water partition coefficient (Wildman–Crippen LogP) is 3.98. The first-order valence-corrected chi connectivity index (χ1v) is 10.4. The van der Waals surface area contributed by atoms with Gasteiger partial charge in [0.2, 0.25) is 0 Å². The highest BCUT2D eigenvalue weighted by atomic mass is 32.2. The van der Waals surface area contributed by atoms with Crippen LogP contribution in [0.5, 0.6) is 0 Å². The van der Waals surface area contributed by atoms with Gasteiger partial charge in [-0.05, 0) is 61.4 Å². The summed E-state index contributed by atoms with van der Waals surface area (Å²) in [5.41, 5.74) is 1.98. The first-order valence-electron chi connectivity index (χ1n) is 8.90. The molecule has 0 atom stereocenters. The van der Waals surface area contributed by atoms with E-state index in [1.807, 2.05) is 13.8 Å². The number of hydrogen-bond donors (Lipinski definition) is 2. The molecule has 1 heterocycles. The average molecular weight is 415 g/mol. The number of anilines is 1. The fourth-order valence-corrected chi connectivity index (χ4v) is 4.11. The van der Waals surface area contributed by atoms with Gasteiger partial charge in [-0.15, -0.1) is 0 Å². The van der Waals surface area contributed by atoms with Crippen LogP contribution in [0.25, 0.3) is 11.5 Å². The largest absolute Gasteiger partial charge is 0.478 e. The fourth-order valence-electron chi connectivity index (χ4n) is 2.71. The maximum atomic E-state index is 12.8. The van der Waals surface area contributed by atoms with Gasteiger partial charge in [0.15, 0.2) is 5.82 Å². The van der Waals surface area contributed by atoms with Gasteiger partial charge in [-0.1, -0.05) is 19.0 Å². The Hall–Kier alpha value is -3.20. The normalized spacial score (nSPS) is 11.6. The summed E-state index contributed by atoms with van der Waals surface area (Å²) in [6, 6.07) is 9.10. The van der Waals surface area contributed by atoms with Crippen molar-refractivity contribution >= 4 is 21.7 Å². The summed E-state index contributed by atoms with van der Waals surface area (Å²) < 4.78 is 33.4. The Kier molecular flexibility index (Phi) is 5.43. The molecule has 0 fully saturated rings. The van der Waals surface area contributed by atoms with Gasteiger partial charge in [-0.3, -0.25) is 4.72 Å². The highest BCUT2D eigenvalue weighted by Gasteiger charge is 2.21. The van der Waals surface area contributed by atoms with Crippen LogP contribution < -0.4 is 4.72 Å². The second-order valence-corrected chi connectivity index (χ2v) is 8.67. The smallest absolute Gasteiger partial charge is 0.335 e. The number of aromatic nitrogens is 2. The number of aryl methyl sites for hydroxylation is 1. The van der Waals surface area contributed by atoms with Crippen molar-refractivity contribution in [2.45, 2.75) is 38.5 Å². The lowest BCUT2D eigenvalue weighted by molar-refractivity contribution is 0.0696. The third-order valence-electron chi connectivity index (χ3n) is 4.50. The maximum absolute atomic E-state index is 12.8. The van der Waals surface area contributed by atoms with Crippen LogP contribution in [0.15, 0.2) is 45.8 Å². The van der Waals surface area contributed by atoms with Crippen molar-refractivity contribution in [1.29, 1.82) is 0 Å². The van der Waals surface area contributed by atoms with Gasteiger partial charge in [0, 0.05) is 17.2 Å². The summed E-state index contributed by atoms with van der Waals surface area (Å²) in [5, 5.41) is 13.1. The third-order valence-corrected chi connectivity index (χ3v) is 6.01. The van der Waals surface area contributed by atoms with E-state index in [1.165, 1.54) is 6.07 Å². The Labute approximate surface area is 168 Å². The zero-order chi connectivity index (χ0) is 21.3. The molecule has 0 aliphatic heterocycles. The number of carboxylic acid groups (broad SMARTS) is 1. The average Bonchev–Trinajstić information content (AvgIpc) is 3.14. The lowest BCUT2D eigenvalue weighted by atomic mass is 10.1. The van der Waals surface area contributed by atoms with Gasteiger partial charge in [0.25, 0.3) is 15.9 Å². The van der Waals surface area contributed by atoms with E-state index in [2.05, 4.69) is 14.9 Å². The minimum absolute atomic E-state index is 0.0718. The molecule has 0 aliphatic rings. The summed E-state index contributed by atoms with van der Waals surface area (Å²) in [6.45, 7) is 7.22. The van der Waals surface area contributed by atoms with Crippen molar-refractivity contribution < 1.29 is 22.8 Å². The molecule has 29 heavy (non-hydrogen) atoms. The SMILES string of the molecule is Cc1cc(C(=O)O)cc(S(=O)(=O)Nc2ccc(-c3nc(C(C)C)no3)cc2)c1C. The molecule has 0 spiro atoms. The Morgan fingerprint density at radius 2 is 1.79 bits per heavy atom. The molecule has 1 aromatic heterocycles. The Bertz CT molecular complexity index is 1170. The highest BCUT2D eigenvalue weighted by Crippen LogP contribution is 2.26. The molecule has 0 aliphatic carbocycles. The van der Waals surface area contributed by atoms with Crippen molar-refractivity contribution in [2.24, 2.45) is 0 Å². The maximum Gasteiger partial charge on any atom is 0.335 e. The van der Waals surface area contributed by atoms with E-state index in [4.69, 9.17) is 4.52 Å². The van der Waals surface area contributed by atoms with Crippen LogP contribution in [0.1, 0.15) is 47.1 Å². The van der Waals surface area contributed by atoms with Crippen molar-refractivity contribution in [3.05, 3.63) is 58.9 Å². The number of nitrogens with one attached hydrogen (secondary N) is 1. The van der Waals surface area contributed by atoms with Crippen LogP contribution in [0.3, 0.4) is 0 Å². The fraction of sp³-hybridized carbons (Fsp3) is 0.250. The molecule has 9 heteroatoms. The molecular weight excluding hydrogens is 394 g/mol. The van der Waals surface area contributed by atoms with Crippen LogP contribution in [0.2, 0.25) is 0 Å². The van der Waals surface area contributed by atoms with Gasteiger partial charge in [-0.2, -0.15) is 4.98 Å². The van der Waals surface area contributed by atoms with Crippen molar-refractivity contribution in [3.63, 3.8) is 0 Å². The first kappa shape index (κ1) is 20.5. The topological polar surface area (TPSA) is 122 Å². The summed E-state index contributed by atoms with van der Waals surface area (Å²) in [4.78, 5) is 15.5. The van der Waals surface area contributed by atoms with Crippen LogP contribution in [0, 0.1) is 13.8 Å². The molecule has 0 radical (unpaired) electrons. The van der Waals surface area contributed by atoms with E-state index in [-0.39, 0.29) is 16.4 Å². The van der Waals surface area contributed by atoms with E-state index in [0.29, 0.717) is 34.1 Å². The molecular formula is C20H21N3O5S. The minimum atomic E-state index is -3.97. The first-order chi connectivity index (χ1) is 13.6. The van der Waals surface area contributed by atoms with Gasteiger partial charge in [0.05, 0.1) is 10.5 Å². The summed E-state index contributed by atoms with van der Waals surface area (Å²) in [7, 11) is -3.97. The zero-order valence-electron chi connectivity index (χ0n) is 16.4. The van der Waals surface area contributed by atoms with Gasteiger partial charge in [0.1, 0.15) is 0 Å². The van der Waals surface area contributed by atoms with Gasteiger partial charge < -0.3 is 9.63 Å². The number of sulfonamides is 1. The lowest BCUT2D eigenvalue weighted by Crippen LogP contribution is -2.16. The predicted molar refractivity (Wildman–Crippen MR) is 108 cm³/mol. The van der Waals surface area contributed by atoms with E-state index in [9.17, 15) is 18.3 Å². The van der Waals surface area contributed by atoms with E-state index >= 15 is 0 Å². The molecule has 0 bridgehead atoms. The molecule has 0 unspecified atom stereocenters. The Morgan fingerprint density at radius 3 is 2.34 bits per heavy atom. The third kappa shape index (κ3) is 4.29. The summed E-state index contributed by atoms with van der Waals surface area (Å²) in [6.07, 6.45) is 0. The summed E-state index contributed by atoms with van der Waals surface area (Å²) >= 11 is 0. The molecule has 0 amide bonds. The second-order valence-electron chi connectivity index (χ2n) is 7.02. The second kappa shape index (κ2) is 7.67. The van der Waals surface area contributed by atoms with Gasteiger partial charge in [-0.25, -0.2) is 13.2 Å². The number of hydrogen-bond acceptors (Lipinski definition) is 6.